The summed E-state index contributed by atoms with van der Waals surface area (Å²) in [7, 11) is 1.99. The molecule has 0 aliphatic heterocycles. The molecule has 0 aliphatic rings. The number of likely N-dealkylation sites (N-methyl/N-ethyl adjacent to an activating group) is 1. The van der Waals surface area contributed by atoms with E-state index in [1.54, 1.807) is 0 Å². The first kappa shape index (κ1) is 10.7. The minimum Gasteiger partial charge on any atom is -0.358 e. The molecule has 1 aromatic heterocycles. The highest BCUT2D eigenvalue weighted by molar-refractivity contribution is 9.10. The minimum absolute atomic E-state index is 0.497. The Morgan fingerprint density at radius 3 is 2.93 bits per heavy atom. The molecule has 2 N–H and O–H groups in total. The van der Waals surface area contributed by atoms with Crippen LogP contribution in [-0.4, -0.2) is 18.1 Å². The van der Waals surface area contributed by atoms with Crippen molar-refractivity contribution in [2.75, 3.05) is 7.05 Å². The van der Waals surface area contributed by atoms with Gasteiger partial charge < -0.3 is 10.3 Å². The lowest BCUT2D eigenvalue weighted by Crippen LogP contribution is -2.23. The molecule has 0 amide bonds. The Labute approximate surface area is 98.2 Å². The molecule has 2 nitrogen and oxygen atoms in total. The van der Waals surface area contributed by atoms with E-state index in [4.69, 9.17) is 0 Å². The molecule has 3 heteroatoms. The Morgan fingerprint density at radius 1 is 1.47 bits per heavy atom. The second-order valence-electron chi connectivity index (χ2n) is 3.89. The summed E-state index contributed by atoms with van der Waals surface area (Å²) in [5, 5.41) is 4.50. The SMILES string of the molecule is CNC(C)Cc1cc2c(Br)cccc2[nH]1. The highest BCUT2D eigenvalue weighted by Crippen LogP contribution is 2.24. The van der Waals surface area contributed by atoms with E-state index in [1.807, 2.05) is 13.1 Å². The van der Waals surface area contributed by atoms with Gasteiger partial charge in [0.2, 0.25) is 0 Å². The highest BCUT2D eigenvalue weighted by atomic mass is 79.9. The Bertz CT molecular complexity index is 462. The van der Waals surface area contributed by atoms with Crippen LogP contribution < -0.4 is 5.32 Å². The summed E-state index contributed by atoms with van der Waals surface area (Å²) in [4.78, 5) is 3.43. The van der Waals surface area contributed by atoms with Crippen LogP contribution in [0.2, 0.25) is 0 Å². The predicted octanol–water partition coefficient (Wildman–Crippen LogP) is 3.08. The van der Waals surface area contributed by atoms with Crippen LogP contribution in [0.25, 0.3) is 10.9 Å². The third-order valence-electron chi connectivity index (χ3n) is 2.69. The lowest BCUT2D eigenvalue weighted by atomic mass is 10.2. The number of benzene rings is 1. The van der Waals surface area contributed by atoms with E-state index in [-0.39, 0.29) is 0 Å². The third-order valence-corrected chi connectivity index (χ3v) is 3.38. The van der Waals surface area contributed by atoms with Crippen LogP contribution in [-0.2, 0) is 6.42 Å². The second-order valence-corrected chi connectivity index (χ2v) is 4.74. The Balaban J connectivity index is 2.35. The van der Waals surface area contributed by atoms with Crippen molar-refractivity contribution in [1.82, 2.24) is 10.3 Å². The van der Waals surface area contributed by atoms with Crippen molar-refractivity contribution in [1.29, 1.82) is 0 Å². The van der Waals surface area contributed by atoms with Gasteiger partial charge in [0.1, 0.15) is 0 Å². The van der Waals surface area contributed by atoms with E-state index in [1.165, 1.54) is 16.6 Å². The first-order valence-electron chi connectivity index (χ1n) is 5.14. The lowest BCUT2D eigenvalue weighted by Gasteiger charge is -2.07. The van der Waals surface area contributed by atoms with Gasteiger partial charge in [0.15, 0.2) is 0 Å². The largest absolute Gasteiger partial charge is 0.358 e. The van der Waals surface area contributed by atoms with E-state index in [0.717, 1.165) is 10.9 Å². The maximum Gasteiger partial charge on any atom is 0.0467 e. The highest BCUT2D eigenvalue weighted by Gasteiger charge is 2.06. The van der Waals surface area contributed by atoms with Gasteiger partial charge in [-0.3, -0.25) is 0 Å². The molecule has 1 heterocycles. The smallest absolute Gasteiger partial charge is 0.0467 e. The molecule has 0 radical (unpaired) electrons. The minimum atomic E-state index is 0.497. The molecule has 2 aromatic rings. The van der Waals surface area contributed by atoms with Crippen molar-refractivity contribution in [2.24, 2.45) is 0 Å². The van der Waals surface area contributed by atoms with Crippen molar-refractivity contribution >= 4 is 26.8 Å². The summed E-state index contributed by atoms with van der Waals surface area (Å²) in [6, 6.07) is 8.94. The fraction of sp³-hybridized carbons (Fsp3) is 0.333. The summed E-state index contributed by atoms with van der Waals surface area (Å²) in [6.45, 7) is 2.18. The summed E-state index contributed by atoms with van der Waals surface area (Å²) < 4.78 is 1.15. The molecule has 80 valence electrons. The topological polar surface area (TPSA) is 27.8 Å². The van der Waals surface area contributed by atoms with E-state index < -0.39 is 0 Å². The first-order valence-corrected chi connectivity index (χ1v) is 5.93. The quantitative estimate of drug-likeness (QED) is 0.878. The van der Waals surface area contributed by atoms with Gasteiger partial charge in [0.25, 0.3) is 0 Å². The molecule has 0 bridgehead atoms. The van der Waals surface area contributed by atoms with Gasteiger partial charge in [-0.2, -0.15) is 0 Å². The second kappa shape index (κ2) is 4.37. The van der Waals surface area contributed by atoms with Gasteiger partial charge in [-0.05, 0) is 32.2 Å². The van der Waals surface area contributed by atoms with Crippen molar-refractivity contribution < 1.29 is 0 Å². The lowest BCUT2D eigenvalue weighted by molar-refractivity contribution is 0.603. The van der Waals surface area contributed by atoms with E-state index in [2.05, 4.69) is 51.4 Å². The molecule has 15 heavy (non-hydrogen) atoms. The number of fused-ring (bicyclic) bond motifs is 1. The van der Waals surface area contributed by atoms with Gasteiger partial charge in [0.05, 0.1) is 0 Å². The maximum atomic E-state index is 3.56. The van der Waals surface area contributed by atoms with Crippen LogP contribution >= 0.6 is 15.9 Å². The van der Waals surface area contributed by atoms with Gasteiger partial charge in [-0.1, -0.05) is 22.0 Å². The van der Waals surface area contributed by atoms with Crippen molar-refractivity contribution in [3.63, 3.8) is 0 Å². The zero-order valence-electron chi connectivity index (χ0n) is 8.97. The fourth-order valence-electron chi connectivity index (χ4n) is 1.72. The number of hydrogen-bond acceptors (Lipinski definition) is 1. The summed E-state index contributed by atoms with van der Waals surface area (Å²) >= 11 is 3.56. The monoisotopic (exact) mass is 266 g/mol. The molecule has 0 spiro atoms. The van der Waals surface area contributed by atoms with E-state index >= 15 is 0 Å². The summed E-state index contributed by atoms with van der Waals surface area (Å²) in [5.74, 6) is 0. The Kier molecular flexibility index (Phi) is 3.12. The molecule has 1 unspecified atom stereocenters. The average Bonchev–Trinajstić information content (AvgIpc) is 2.62. The number of H-pyrrole nitrogens is 1. The molecule has 1 aromatic carbocycles. The number of hydrogen-bond donors (Lipinski definition) is 2. The van der Waals surface area contributed by atoms with Crippen molar-refractivity contribution in [3.8, 4) is 0 Å². The molecular weight excluding hydrogens is 252 g/mol. The number of halogens is 1. The standard InChI is InChI=1S/C12H15BrN2/c1-8(14-2)6-9-7-10-11(13)4-3-5-12(10)15-9/h3-5,7-8,14-15H,6H2,1-2H3. The number of aromatic amines is 1. The van der Waals surface area contributed by atoms with Crippen LogP contribution in [0.1, 0.15) is 12.6 Å². The predicted molar refractivity (Wildman–Crippen MR) is 68.2 cm³/mol. The fourth-order valence-corrected chi connectivity index (χ4v) is 2.20. The molecule has 2 rings (SSSR count). The number of rotatable bonds is 3. The molecule has 0 saturated heterocycles. The molecule has 0 saturated carbocycles. The van der Waals surface area contributed by atoms with Gasteiger partial charge in [0, 0.05) is 33.5 Å². The molecule has 0 fully saturated rings. The van der Waals surface area contributed by atoms with Gasteiger partial charge in [-0.25, -0.2) is 0 Å². The summed E-state index contributed by atoms with van der Waals surface area (Å²) in [6.07, 6.45) is 1.03. The van der Waals surface area contributed by atoms with Gasteiger partial charge >= 0.3 is 0 Å². The Morgan fingerprint density at radius 2 is 2.27 bits per heavy atom. The number of aromatic nitrogens is 1. The van der Waals surface area contributed by atoms with Crippen molar-refractivity contribution in [2.45, 2.75) is 19.4 Å². The molecule has 0 aliphatic carbocycles. The van der Waals surface area contributed by atoms with Gasteiger partial charge in [-0.15, -0.1) is 0 Å². The Hall–Kier alpha value is -0.800. The molecular formula is C12H15BrN2. The van der Waals surface area contributed by atoms with E-state index in [0.29, 0.717) is 6.04 Å². The van der Waals surface area contributed by atoms with Crippen LogP contribution in [0.4, 0.5) is 0 Å². The zero-order chi connectivity index (χ0) is 10.8. The van der Waals surface area contributed by atoms with E-state index in [9.17, 15) is 0 Å². The first-order chi connectivity index (χ1) is 7.20. The van der Waals surface area contributed by atoms with Crippen LogP contribution in [0.5, 0.6) is 0 Å². The zero-order valence-corrected chi connectivity index (χ0v) is 10.6. The third kappa shape index (κ3) is 2.24. The number of nitrogens with one attached hydrogen (secondary N) is 2. The summed E-state index contributed by atoms with van der Waals surface area (Å²) in [5.41, 5.74) is 2.47. The molecule has 1 atom stereocenters. The average molecular weight is 267 g/mol. The van der Waals surface area contributed by atoms with Crippen LogP contribution in [0.3, 0.4) is 0 Å². The maximum absolute atomic E-state index is 3.56. The van der Waals surface area contributed by atoms with Crippen LogP contribution in [0.15, 0.2) is 28.7 Å². The normalized spacial score (nSPS) is 13.3. The van der Waals surface area contributed by atoms with Crippen molar-refractivity contribution in [3.05, 3.63) is 34.4 Å². The van der Waals surface area contributed by atoms with Crippen LogP contribution in [0, 0.1) is 0 Å².